The highest BCUT2D eigenvalue weighted by molar-refractivity contribution is 5.46. The average molecular weight is 238 g/mol. The number of rotatable bonds is 8. The topological polar surface area (TPSA) is 15.3 Å². The number of benzene rings is 1. The second kappa shape index (κ2) is 8.07. The Hall–Kier alpha value is -1.09. The van der Waals surface area contributed by atoms with Gasteiger partial charge in [-0.25, -0.2) is 4.39 Å². The summed E-state index contributed by atoms with van der Waals surface area (Å²) in [5, 5.41) is 3.15. The van der Waals surface area contributed by atoms with E-state index >= 15 is 0 Å². The fourth-order valence-electron chi connectivity index (χ4n) is 1.92. The van der Waals surface area contributed by atoms with E-state index < -0.39 is 0 Å². The van der Waals surface area contributed by atoms with E-state index in [4.69, 9.17) is 0 Å². The van der Waals surface area contributed by atoms with Crippen LogP contribution in [-0.4, -0.2) is 26.7 Å². The van der Waals surface area contributed by atoms with Gasteiger partial charge in [-0.2, -0.15) is 0 Å². The van der Waals surface area contributed by atoms with Crippen molar-refractivity contribution in [2.75, 3.05) is 31.6 Å². The molecular formula is C14H23FN2. The van der Waals surface area contributed by atoms with E-state index in [1.165, 1.54) is 18.9 Å². The first-order valence-corrected chi connectivity index (χ1v) is 6.43. The quantitative estimate of drug-likeness (QED) is 0.700. The first kappa shape index (κ1) is 14.0. The van der Waals surface area contributed by atoms with E-state index in [0.29, 0.717) is 0 Å². The molecule has 1 N–H and O–H groups in total. The Kier molecular flexibility index (Phi) is 6.63. The van der Waals surface area contributed by atoms with Gasteiger partial charge in [-0.1, -0.05) is 12.5 Å². The van der Waals surface area contributed by atoms with E-state index in [1.54, 1.807) is 12.1 Å². The van der Waals surface area contributed by atoms with Gasteiger partial charge in [0.05, 0.1) is 0 Å². The van der Waals surface area contributed by atoms with Crippen LogP contribution in [0.4, 0.5) is 10.1 Å². The third-order valence-electron chi connectivity index (χ3n) is 2.91. The molecule has 1 aromatic rings. The van der Waals surface area contributed by atoms with Crippen LogP contribution in [0.15, 0.2) is 24.3 Å². The molecule has 0 atom stereocenters. The normalized spacial score (nSPS) is 10.5. The molecule has 0 spiro atoms. The van der Waals surface area contributed by atoms with E-state index in [2.05, 4.69) is 17.1 Å². The number of nitrogens with one attached hydrogen (secondary N) is 1. The number of hydrogen-bond donors (Lipinski definition) is 1. The first-order chi connectivity index (χ1) is 8.27. The van der Waals surface area contributed by atoms with E-state index in [1.807, 2.05) is 13.1 Å². The molecule has 2 nitrogen and oxygen atoms in total. The van der Waals surface area contributed by atoms with Crippen LogP contribution in [0.3, 0.4) is 0 Å². The molecule has 0 radical (unpaired) electrons. The molecule has 17 heavy (non-hydrogen) atoms. The van der Waals surface area contributed by atoms with E-state index in [-0.39, 0.29) is 5.82 Å². The molecular weight excluding hydrogens is 215 g/mol. The molecule has 0 bridgehead atoms. The van der Waals surface area contributed by atoms with Gasteiger partial charge in [0.15, 0.2) is 0 Å². The van der Waals surface area contributed by atoms with Crippen molar-refractivity contribution in [3.05, 3.63) is 30.1 Å². The summed E-state index contributed by atoms with van der Waals surface area (Å²) < 4.78 is 13.1. The zero-order valence-corrected chi connectivity index (χ0v) is 10.9. The highest BCUT2D eigenvalue weighted by atomic mass is 19.1. The minimum atomic E-state index is -0.156. The maximum atomic E-state index is 13.1. The first-order valence-electron chi connectivity index (χ1n) is 6.43. The highest BCUT2D eigenvalue weighted by Crippen LogP contribution is 2.16. The van der Waals surface area contributed by atoms with Gasteiger partial charge in [-0.3, -0.25) is 0 Å². The largest absolute Gasteiger partial charge is 0.372 e. The van der Waals surface area contributed by atoms with Crippen molar-refractivity contribution in [1.82, 2.24) is 5.32 Å². The van der Waals surface area contributed by atoms with Crippen molar-refractivity contribution < 1.29 is 4.39 Å². The van der Waals surface area contributed by atoms with Gasteiger partial charge < -0.3 is 10.2 Å². The van der Waals surface area contributed by atoms with Crippen LogP contribution in [0.1, 0.15) is 26.2 Å². The summed E-state index contributed by atoms with van der Waals surface area (Å²) in [6.45, 7) is 5.11. The maximum absolute atomic E-state index is 13.1. The zero-order valence-electron chi connectivity index (χ0n) is 10.9. The van der Waals surface area contributed by atoms with Crippen molar-refractivity contribution in [2.24, 2.45) is 0 Å². The van der Waals surface area contributed by atoms with Crippen molar-refractivity contribution in [2.45, 2.75) is 26.2 Å². The van der Waals surface area contributed by atoms with Crippen molar-refractivity contribution in [3.8, 4) is 0 Å². The zero-order chi connectivity index (χ0) is 12.5. The second-order valence-electron chi connectivity index (χ2n) is 4.22. The number of unbranched alkanes of at least 4 members (excludes halogenated alkanes) is 2. The smallest absolute Gasteiger partial charge is 0.125 e. The Balaban J connectivity index is 2.38. The van der Waals surface area contributed by atoms with Gasteiger partial charge >= 0.3 is 0 Å². The number of nitrogens with zero attached hydrogens (tertiary/aromatic N) is 1. The Morgan fingerprint density at radius 3 is 2.71 bits per heavy atom. The lowest BCUT2D eigenvalue weighted by molar-refractivity contribution is 0.619. The molecule has 0 aliphatic carbocycles. The molecule has 96 valence electrons. The summed E-state index contributed by atoms with van der Waals surface area (Å²) in [6.07, 6.45) is 3.58. The molecule has 0 aromatic heterocycles. The van der Waals surface area contributed by atoms with Gasteiger partial charge in [0, 0.05) is 18.8 Å². The third-order valence-corrected chi connectivity index (χ3v) is 2.91. The van der Waals surface area contributed by atoms with Crippen LogP contribution < -0.4 is 10.2 Å². The van der Waals surface area contributed by atoms with Crippen LogP contribution in [0.25, 0.3) is 0 Å². The Bertz CT molecular complexity index is 315. The van der Waals surface area contributed by atoms with Gasteiger partial charge in [0.2, 0.25) is 0 Å². The van der Waals surface area contributed by atoms with Crippen LogP contribution in [0.5, 0.6) is 0 Å². The van der Waals surface area contributed by atoms with Crippen molar-refractivity contribution in [3.63, 3.8) is 0 Å². The van der Waals surface area contributed by atoms with Gasteiger partial charge in [-0.15, -0.1) is 0 Å². The van der Waals surface area contributed by atoms with E-state index in [0.717, 1.165) is 31.7 Å². The highest BCUT2D eigenvalue weighted by Gasteiger charge is 2.04. The monoisotopic (exact) mass is 238 g/mol. The fraction of sp³-hybridized carbons (Fsp3) is 0.571. The predicted molar refractivity (Wildman–Crippen MR) is 72.1 cm³/mol. The Morgan fingerprint density at radius 2 is 2.06 bits per heavy atom. The van der Waals surface area contributed by atoms with Gasteiger partial charge in [0.1, 0.15) is 5.82 Å². The molecule has 0 aliphatic rings. The number of anilines is 1. The van der Waals surface area contributed by atoms with Crippen LogP contribution >= 0.6 is 0 Å². The van der Waals surface area contributed by atoms with Gasteiger partial charge in [-0.05, 0) is 51.6 Å². The fourth-order valence-corrected chi connectivity index (χ4v) is 1.92. The minimum absolute atomic E-state index is 0.156. The molecule has 0 saturated carbocycles. The van der Waals surface area contributed by atoms with Crippen LogP contribution in [-0.2, 0) is 0 Å². The number of halogens is 1. The molecule has 0 heterocycles. The summed E-state index contributed by atoms with van der Waals surface area (Å²) in [7, 11) is 1.98. The summed E-state index contributed by atoms with van der Waals surface area (Å²) in [5.41, 5.74) is 0.987. The summed E-state index contributed by atoms with van der Waals surface area (Å²) >= 11 is 0. The second-order valence-corrected chi connectivity index (χ2v) is 4.22. The molecule has 1 rings (SSSR count). The Morgan fingerprint density at radius 1 is 1.24 bits per heavy atom. The summed E-state index contributed by atoms with van der Waals surface area (Å²) in [4.78, 5) is 2.22. The molecule has 3 heteroatoms. The molecule has 0 saturated heterocycles. The lowest BCUT2D eigenvalue weighted by Gasteiger charge is -2.23. The number of hydrogen-bond acceptors (Lipinski definition) is 2. The maximum Gasteiger partial charge on any atom is 0.125 e. The third kappa shape index (κ3) is 5.18. The lowest BCUT2D eigenvalue weighted by atomic mass is 10.2. The minimum Gasteiger partial charge on any atom is -0.372 e. The van der Waals surface area contributed by atoms with Crippen LogP contribution in [0, 0.1) is 5.82 Å². The molecule has 0 fully saturated rings. The van der Waals surface area contributed by atoms with Crippen molar-refractivity contribution in [1.29, 1.82) is 0 Å². The summed E-state index contributed by atoms with van der Waals surface area (Å²) in [6, 6.07) is 6.84. The molecule has 0 amide bonds. The van der Waals surface area contributed by atoms with E-state index in [9.17, 15) is 4.39 Å². The van der Waals surface area contributed by atoms with Crippen LogP contribution in [0.2, 0.25) is 0 Å². The van der Waals surface area contributed by atoms with Gasteiger partial charge in [0.25, 0.3) is 0 Å². The standard InChI is InChI=1S/C14H23FN2/c1-3-17(11-6-4-5-10-16-2)14-9-7-8-13(15)12-14/h7-9,12,16H,3-6,10-11H2,1-2H3. The SMILES string of the molecule is CCN(CCCCCNC)c1cccc(F)c1. The Labute approximate surface area is 104 Å². The average Bonchev–Trinajstić information content (AvgIpc) is 2.34. The lowest BCUT2D eigenvalue weighted by Crippen LogP contribution is -2.24. The molecule has 0 unspecified atom stereocenters. The van der Waals surface area contributed by atoms with Crippen molar-refractivity contribution >= 4 is 5.69 Å². The predicted octanol–water partition coefficient (Wildman–Crippen LogP) is 3.04. The molecule has 1 aromatic carbocycles. The summed E-state index contributed by atoms with van der Waals surface area (Å²) in [5.74, 6) is -0.156. The molecule has 0 aliphatic heterocycles.